The van der Waals surface area contributed by atoms with Gasteiger partial charge in [0, 0.05) is 22.6 Å². The van der Waals surface area contributed by atoms with Crippen molar-refractivity contribution in [3.8, 4) is 5.69 Å². The number of halogens is 1. The monoisotopic (exact) mass is 473 g/mol. The van der Waals surface area contributed by atoms with Gasteiger partial charge < -0.3 is 9.30 Å². The van der Waals surface area contributed by atoms with E-state index >= 15 is 0 Å². The maximum Gasteiger partial charge on any atom is 0.357 e. The summed E-state index contributed by atoms with van der Waals surface area (Å²) in [6, 6.07) is 15.8. The van der Waals surface area contributed by atoms with E-state index in [2.05, 4.69) is 15.5 Å². The van der Waals surface area contributed by atoms with E-state index in [0.29, 0.717) is 28.3 Å². The van der Waals surface area contributed by atoms with Crippen molar-refractivity contribution in [1.82, 2.24) is 24.8 Å². The molecule has 8 nitrogen and oxygen atoms in total. The fraction of sp³-hybridized carbons (Fsp3) is 0.192. The van der Waals surface area contributed by atoms with E-state index in [1.807, 2.05) is 37.3 Å². The largest absolute Gasteiger partial charge is 0.453 e. The number of aryl methyl sites for hydroxylation is 3. The van der Waals surface area contributed by atoms with Crippen molar-refractivity contribution in [3.63, 3.8) is 0 Å². The van der Waals surface area contributed by atoms with Gasteiger partial charge in [-0.1, -0.05) is 36.4 Å². The van der Waals surface area contributed by atoms with Crippen LogP contribution in [0.2, 0.25) is 0 Å². The molecule has 0 aliphatic rings. The number of carbonyl (C=O) groups excluding carboxylic acids is 2. The van der Waals surface area contributed by atoms with Crippen molar-refractivity contribution < 1.29 is 18.7 Å². The fourth-order valence-corrected chi connectivity index (χ4v) is 3.81. The van der Waals surface area contributed by atoms with E-state index < -0.39 is 12.6 Å². The van der Waals surface area contributed by atoms with Gasteiger partial charge in [-0.05, 0) is 73.5 Å². The summed E-state index contributed by atoms with van der Waals surface area (Å²) in [5, 5.41) is 11.3. The number of tetrazole rings is 1. The molecule has 0 unspecified atom stereocenters. The van der Waals surface area contributed by atoms with Crippen molar-refractivity contribution in [2.75, 3.05) is 6.61 Å². The van der Waals surface area contributed by atoms with Crippen LogP contribution in [0.15, 0.2) is 54.6 Å². The summed E-state index contributed by atoms with van der Waals surface area (Å²) in [5.41, 5.74) is 3.75. The smallest absolute Gasteiger partial charge is 0.357 e. The number of nitrogens with zero attached hydrogens (tertiary/aromatic N) is 5. The first-order chi connectivity index (χ1) is 16.8. The topological polar surface area (TPSA) is 91.9 Å². The summed E-state index contributed by atoms with van der Waals surface area (Å²) in [5.74, 6) is -1.05. The van der Waals surface area contributed by atoms with E-state index in [4.69, 9.17) is 4.74 Å². The van der Waals surface area contributed by atoms with Crippen LogP contribution in [0, 0.1) is 33.5 Å². The molecule has 2 aromatic carbocycles. The van der Waals surface area contributed by atoms with E-state index in [9.17, 15) is 14.0 Å². The second-order valence-electron chi connectivity index (χ2n) is 8.13. The van der Waals surface area contributed by atoms with E-state index in [1.54, 1.807) is 49.6 Å². The van der Waals surface area contributed by atoms with Gasteiger partial charge in [0.1, 0.15) is 5.82 Å². The number of ether oxygens (including phenoxy) is 1. The number of hydrogen-bond acceptors (Lipinski definition) is 6. The molecule has 0 aliphatic carbocycles. The minimum atomic E-state index is -0.744. The molecule has 4 rings (SSSR count). The van der Waals surface area contributed by atoms with Crippen LogP contribution in [0.25, 0.3) is 17.5 Å². The molecular formula is C26H24FN5O3. The number of aromatic nitrogens is 5. The van der Waals surface area contributed by atoms with Gasteiger partial charge in [-0.3, -0.25) is 4.79 Å². The molecule has 2 heterocycles. The van der Waals surface area contributed by atoms with Gasteiger partial charge in [0.2, 0.25) is 5.78 Å². The standard InChI is InChI=1S/C26H24FN5O3/c1-16-10-11-21(14-23(16)27)31-17(2)12-22(18(31)3)25(33)15-35-26(34)24(32-19(4)28-29-30-32)13-20-8-6-5-7-9-20/h5-14H,15H2,1-4H3/b24-13-. The zero-order chi connectivity index (χ0) is 25.1. The van der Waals surface area contributed by atoms with Gasteiger partial charge in [0.15, 0.2) is 18.1 Å². The van der Waals surface area contributed by atoms with Crippen LogP contribution >= 0.6 is 0 Å². The molecule has 0 radical (unpaired) electrons. The lowest BCUT2D eigenvalue weighted by molar-refractivity contribution is -0.136. The molecule has 0 bridgehead atoms. The Balaban J connectivity index is 1.56. The van der Waals surface area contributed by atoms with E-state index in [0.717, 1.165) is 11.3 Å². The van der Waals surface area contributed by atoms with Gasteiger partial charge in [-0.15, -0.1) is 5.10 Å². The molecule has 4 aromatic rings. The highest BCUT2D eigenvalue weighted by molar-refractivity contribution is 6.16. The maximum atomic E-state index is 14.1. The average Bonchev–Trinajstić information content (AvgIpc) is 3.40. The third-order valence-electron chi connectivity index (χ3n) is 5.65. The Hall–Kier alpha value is -4.40. The third kappa shape index (κ3) is 4.93. The Morgan fingerprint density at radius 1 is 1.03 bits per heavy atom. The van der Waals surface area contributed by atoms with Crippen molar-refractivity contribution >= 4 is 23.5 Å². The number of rotatable bonds is 7. The lowest BCUT2D eigenvalue weighted by Gasteiger charge is -2.11. The molecule has 178 valence electrons. The molecule has 0 fully saturated rings. The zero-order valence-corrected chi connectivity index (χ0v) is 19.8. The maximum absolute atomic E-state index is 14.1. The van der Waals surface area contributed by atoms with Crippen molar-refractivity contribution in [2.45, 2.75) is 27.7 Å². The second-order valence-corrected chi connectivity index (χ2v) is 8.13. The highest BCUT2D eigenvalue weighted by Crippen LogP contribution is 2.23. The minimum Gasteiger partial charge on any atom is -0.453 e. The van der Waals surface area contributed by atoms with E-state index in [-0.39, 0.29) is 17.3 Å². The molecular weight excluding hydrogens is 449 g/mol. The van der Waals surface area contributed by atoms with Crippen molar-refractivity contribution in [2.24, 2.45) is 0 Å². The number of Topliss-reactive ketones (excluding diaryl/α,β-unsaturated/α-hetero) is 1. The van der Waals surface area contributed by atoms with Crippen LogP contribution in [0.4, 0.5) is 4.39 Å². The van der Waals surface area contributed by atoms with Crippen LogP contribution in [0.5, 0.6) is 0 Å². The Kier molecular flexibility index (Phi) is 6.68. The van der Waals surface area contributed by atoms with Gasteiger partial charge in [-0.2, -0.15) is 4.68 Å². The lowest BCUT2D eigenvalue weighted by Crippen LogP contribution is -2.19. The summed E-state index contributed by atoms with van der Waals surface area (Å²) in [6.07, 6.45) is 1.59. The number of ketones is 1. The van der Waals surface area contributed by atoms with E-state index in [1.165, 1.54) is 10.7 Å². The molecule has 35 heavy (non-hydrogen) atoms. The van der Waals surface area contributed by atoms with Crippen molar-refractivity contribution in [1.29, 1.82) is 0 Å². The Morgan fingerprint density at radius 3 is 2.43 bits per heavy atom. The molecule has 0 atom stereocenters. The molecule has 0 saturated carbocycles. The summed E-state index contributed by atoms with van der Waals surface area (Å²) in [6.45, 7) is 6.47. The number of benzene rings is 2. The van der Waals surface area contributed by atoms with Crippen LogP contribution in [-0.4, -0.2) is 43.1 Å². The van der Waals surface area contributed by atoms with Crippen molar-refractivity contribution in [3.05, 3.63) is 94.3 Å². The average molecular weight is 474 g/mol. The van der Waals surface area contributed by atoms with Crippen LogP contribution in [0.1, 0.15) is 38.7 Å². The Morgan fingerprint density at radius 2 is 1.77 bits per heavy atom. The zero-order valence-electron chi connectivity index (χ0n) is 19.8. The first-order valence-corrected chi connectivity index (χ1v) is 10.9. The molecule has 0 aliphatic heterocycles. The molecule has 0 amide bonds. The van der Waals surface area contributed by atoms with Crippen LogP contribution < -0.4 is 0 Å². The summed E-state index contributed by atoms with van der Waals surface area (Å²) in [7, 11) is 0. The minimum absolute atomic E-state index is 0.0760. The summed E-state index contributed by atoms with van der Waals surface area (Å²) >= 11 is 0. The predicted octanol–water partition coefficient (Wildman–Crippen LogP) is 4.26. The summed E-state index contributed by atoms with van der Waals surface area (Å²) < 4.78 is 22.6. The Labute approximate surface area is 201 Å². The summed E-state index contributed by atoms with van der Waals surface area (Å²) in [4.78, 5) is 26.0. The first-order valence-electron chi connectivity index (χ1n) is 10.9. The lowest BCUT2D eigenvalue weighted by atomic mass is 10.1. The molecule has 2 aromatic heterocycles. The highest BCUT2D eigenvalue weighted by Gasteiger charge is 2.22. The predicted molar refractivity (Wildman–Crippen MR) is 128 cm³/mol. The van der Waals surface area contributed by atoms with Gasteiger partial charge in [0.05, 0.1) is 0 Å². The molecule has 0 spiro atoms. The Bertz CT molecular complexity index is 1440. The normalized spacial score (nSPS) is 11.5. The highest BCUT2D eigenvalue weighted by atomic mass is 19.1. The van der Waals surface area contributed by atoms with Gasteiger partial charge in [0.25, 0.3) is 0 Å². The quantitative estimate of drug-likeness (QED) is 0.226. The first kappa shape index (κ1) is 23.7. The number of hydrogen-bond donors (Lipinski definition) is 0. The number of esters is 1. The fourth-order valence-electron chi connectivity index (χ4n) is 3.81. The van der Waals surface area contributed by atoms with Gasteiger partial charge in [-0.25, -0.2) is 9.18 Å². The number of carbonyl (C=O) groups is 2. The molecule has 0 saturated heterocycles. The SMILES string of the molecule is Cc1ccc(-n2c(C)cc(C(=O)COC(=O)/C(=C/c3ccccc3)n3nnnc3C)c2C)cc1F. The molecule has 0 N–H and O–H groups in total. The third-order valence-corrected chi connectivity index (χ3v) is 5.65. The van der Waals surface area contributed by atoms with Gasteiger partial charge >= 0.3 is 5.97 Å². The second kappa shape index (κ2) is 9.84. The van der Waals surface area contributed by atoms with Crippen LogP contribution in [0.3, 0.4) is 0 Å². The molecule has 9 heteroatoms. The van der Waals surface area contributed by atoms with Crippen LogP contribution in [-0.2, 0) is 9.53 Å².